The fourth-order valence-electron chi connectivity index (χ4n) is 3.61. The maximum absolute atomic E-state index is 12.9. The van der Waals surface area contributed by atoms with Crippen LogP contribution < -0.4 is 5.32 Å². The molecule has 2 amide bonds. The van der Waals surface area contributed by atoms with Crippen LogP contribution in [0.4, 0.5) is 0 Å². The summed E-state index contributed by atoms with van der Waals surface area (Å²) in [7, 11) is 0. The van der Waals surface area contributed by atoms with Crippen molar-refractivity contribution in [2.75, 3.05) is 19.8 Å². The largest absolute Gasteiger partial charge is 0.351 e. The van der Waals surface area contributed by atoms with Crippen LogP contribution in [0, 0.1) is 0 Å². The third-order valence-corrected chi connectivity index (χ3v) is 4.92. The number of ether oxygens (including phenoxy) is 2. The number of nitrogens with zero attached hydrogens (tertiary/aromatic N) is 1. The lowest BCUT2D eigenvalue weighted by Crippen LogP contribution is -2.67. The first-order valence-corrected chi connectivity index (χ1v) is 10.1. The fourth-order valence-corrected chi connectivity index (χ4v) is 3.61. The molecule has 29 heavy (non-hydrogen) atoms. The van der Waals surface area contributed by atoms with E-state index in [4.69, 9.17) is 9.47 Å². The smallest absolute Gasteiger partial charge is 0.248 e. The van der Waals surface area contributed by atoms with E-state index in [1.54, 1.807) is 4.90 Å². The summed E-state index contributed by atoms with van der Waals surface area (Å²) in [4.78, 5) is 27.1. The van der Waals surface area contributed by atoms with E-state index >= 15 is 0 Å². The van der Waals surface area contributed by atoms with E-state index in [0.29, 0.717) is 19.8 Å². The molecule has 2 aromatic rings. The highest BCUT2D eigenvalue weighted by atomic mass is 16.7. The number of β-lactam (4-membered cyclic amide) rings is 1. The van der Waals surface area contributed by atoms with Crippen molar-refractivity contribution in [2.24, 2.45) is 0 Å². The Morgan fingerprint density at radius 3 is 2.17 bits per heavy atom. The highest BCUT2D eigenvalue weighted by molar-refractivity contribution is 5.94. The molecule has 2 aromatic carbocycles. The zero-order chi connectivity index (χ0) is 20.6. The summed E-state index contributed by atoms with van der Waals surface area (Å²) in [6.07, 6.45) is -0.242. The van der Waals surface area contributed by atoms with Gasteiger partial charge in [-0.3, -0.25) is 9.59 Å². The highest BCUT2D eigenvalue weighted by Gasteiger charge is 2.49. The summed E-state index contributed by atoms with van der Waals surface area (Å²) in [6, 6.07) is 18.4. The Balaban J connectivity index is 1.72. The first-order chi connectivity index (χ1) is 14.1. The topological polar surface area (TPSA) is 67.9 Å². The molecular weight excluding hydrogens is 368 g/mol. The van der Waals surface area contributed by atoms with Gasteiger partial charge in [0.1, 0.15) is 6.04 Å². The molecule has 3 rings (SSSR count). The minimum Gasteiger partial charge on any atom is -0.351 e. The molecule has 1 N–H and O–H groups in total. The molecular formula is C23H28N2O4. The molecule has 1 heterocycles. The summed E-state index contributed by atoms with van der Waals surface area (Å²) < 4.78 is 11.2. The second kappa shape index (κ2) is 10.2. The van der Waals surface area contributed by atoms with Gasteiger partial charge in [0.05, 0.1) is 19.0 Å². The van der Waals surface area contributed by atoms with Crippen molar-refractivity contribution in [2.45, 2.75) is 38.6 Å². The number of likely N-dealkylation sites (tertiary alicyclic amines) is 1. The Morgan fingerprint density at radius 2 is 1.59 bits per heavy atom. The van der Waals surface area contributed by atoms with Gasteiger partial charge in [-0.15, -0.1) is 0 Å². The first-order valence-electron chi connectivity index (χ1n) is 10.1. The third-order valence-electron chi connectivity index (χ3n) is 4.92. The summed E-state index contributed by atoms with van der Waals surface area (Å²) in [5, 5.41) is 2.92. The average Bonchev–Trinajstić information content (AvgIpc) is 2.74. The minimum absolute atomic E-state index is 0.121. The standard InChI is InChI=1S/C23H28N2O4/c1-3-28-20(29-4-2)16-25-22(18-13-9-6-10-14-18)21(23(25)27)24-19(26)15-17-11-7-5-8-12-17/h5-14,20-22H,3-4,15-16H2,1-2H3,(H,24,26). The monoisotopic (exact) mass is 396 g/mol. The SMILES string of the molecule is CCOC(CN1C(=O)C(NC(=O)Cc2ccccc2)C1c1ccccc1)OCC. The molecule has 0 aromatic heterocycles. The van der Waals surface area contributed by atoms with Crippen LogP contribution in [0.3, 0.4) is 0 Å². The molecule has 0 aliphatic carbocycles. The van der Waals surface area contributed by atoms with Crippen molar-refractivity contribution in [3.05, 3.63) is 71.8 Å². The highest BCUT2D eigenvalue weighted by Crippen LogP contribution is 2.35. The Bertz CT molecular complexity index is 791. The van der Waals surface area contributed by atoms with Gasteiger partial charge in [0, 0.05) is 13.2 Å². The Hall–Kier alpha value is -2.70. The van der Waals surface area contributed by atoms with Crippen molar-refractivity contribution in [1.29, 1.82) is 0 Å². The van der Waals surface area contributed by atoms with Crippen LogP contribution in [-0.2, 0) is 25.5 Å². The predicted molar refractivity (Wildman–Crippen MR) is 110 cm³/mol. The Labute approximate surface area is 171 Å². The van der Waals surface area contributed by atoms with Crippen LogP contribution in [0.15, 0.2) is 60.7 Å². The average molecular weight is 396 g/mol. The van der Waals surface area contributed by atoms with Crippen LogP contribution in [0.25, 0.3) is 0 Å². The van der Waals surface area contributed by atoms with Gasteiger partial charge in [0.25, 0.3) is 0 Å². The van der Waals surface area contributed by atoms with Gasteiger partial charge < -0.3 is 19.7 Å². The van der Waals surface area contributed by atoms with E-state index in [1.165, 1.54) is 0 Å². The van der Waals surface area contributed by atoms with Gasteiger partial charge in [-0.2, -0.15) is 0 Å². The van der Waals surface area contributed by atoms with E-state index in [-0.39, 0.29) is 24.3 Å². The number of carbonyl (C=O) groups is 2. The number of hydrogen-bond donors (Lipinski definition) is 1. The molecule has 2 atom stereocenters. The van der Waals surface area contributed by atoms with Crippen molar-refractivity contribution < 1.29 is 19.1 Å². The molecule has 1 saturated heterocycles. The van der Waals surface area contributed by atoms with Crippen LogP contribution >= 0.6 is 0 Å². The van der Waals surface area contributed by atoms with Gasteiger partial charge >= 0.3 is 0 Å². The number of carbonyl (C=O) groups excluding carboxylic acids is 2. The predicted octanol–water partition coefficient (Wildman–Crippen LogP) is 2.70. The number of hydrogen-bond acceptors (Lipinski definition) is 4. The first kappa shape index (κ1) is 21.0. The van der Waals surface area contributed by atoms with E-state index in [9.17, 15) is 9.59 Å². The second-order valence-corrected chi connectivity index (χ2v) is 6.89. The van der Waals surface area contributed by atoms with Gasteiger partial charge in [-0.25, -0.2) is 0 Å². The second-order valence-electron chi connectivity index (χ2n) is 6.89. The fraction of sp³-hybridized carbons (Fsp3) is 0.391. The Kier molecular flexibility index (Phi) is 7.38. The number of nitrogens with one attached hydrogen (secondary N) is 1. The lowest BCUT2D eigenvalue weighted by Gasteiger charge is -2.48. The van der Waals surface area contributed by atoms with E-state index in [2.05, 4.69) is 5.32 Å². The van der Waals surface area contributed by atoms with Crippen LogP contribution in [0.1, 0.15) is 31.0 Å². The van der Waals surface area contributed by atoms with Crippen LogP contribution in [0.2, 0.25) is 0 Å². The van der Waals surface area contributed by atoms with Crippen molar-refractivity contribution in [3.8, 4) is 0 Å². The normalized spacial score (nSPS) is 18.6. The molecule has 0 radical (unpaired) electrons. The Morgan fingerprint density at radius 1 is 1.00 bits per heavy atom. The lowest BCUT2D eigenvalue weighted by atomic mass is 9.88. The van der Waals surface area contributed by atoms with Crippen molar-refractivity contribution >= 4 is 11.8 Å². The molecule has 6 nitrogen and oxygen atoms in total. The quantitative estimate of drug-likeness (QED) is 0.495. The molecule has 2 unspecified atom stereocenters. The molecule has 0 saturated carbocycles. The van der Waals surface area contributed by atoms with E-state index in [1.807, 2.05) is 74.5 Å². The maximum atomic E-state index is 12.9. The summed E-state index contributed by atoms with van der Waals surface area (Å²) in [5.41, 5.74) is 1.89. The molecule has 154 valence electrons. The van der Waals surface area contributed by atoms with Crippen molar-refractivity contribution in [1.82, 2.24) is 10.2 Å². The van der Waals surface area contributed by atoms with E-state index in [0.717, 1.165) is 11.1 Å². The summed E-state index contributed by atoms with van der Waals surface area (Å²) in [5.74, 6) is -0.286. The summed E-state index contributed by atoms with van der Waals surface area (Å²) in [6.45, 7) is 5.11. The van der Waals surface area contributed by atoms with Gasteiger partial charge in [0.2, 0.25) is 11.8 Å². The van der Waals surface area contributed by atoms with Crippen molar-refractivity contribution in [3.63, 3.8) is 0 Å². The lowest BCUT2D eigenvalue weighted by molar-refractivity contribution is -0.179. The summed E-state index contributed by atoms with van der Waals surface area (Å²) >= 11 is 0. The molecule has 1 aliphatic heterocycles. The molecule has 0 spiro atoms. The number of amides is 2. The number of rotatable bonds is 10. The molecule has 1 aliphatic rings. The molecule has 6 heteroatoms. The van der Waals surface area contributed by atoms with Crippen LogP contribution in [-0.4, -0.2) is 48.8 Å². The number of benzene rings is 2. The maximum Gasteiger partial charge on any atom is 0.248 e. The van der Waals surface area contributed by atoms with E-state index < -0.39 is 12.3 Å². The minimum atomic E-state index is -0.586. The zero-order valence-electron chi connectivity index (χ0n) is 16.9. The zero-order valence-corrected chi connectivity index (χ0v) is 16.9. The molecule has 0 bridgehead atoms. The van der Waals surface area contributed by atoms with Gasteiger partial charge in [-0.05, 0) is 25.0 Å². The van der Waals surface area contributed by atoms with Gasteiger partial charge in [-0.1, -0.05) is 60.7 Å². The van der Waals surface area contributed by atoms with Gasteiger partial charge in [0.15, 0.2) is 6.29 Å². The third kappa shape index (κ3) is 5.22. The molecule has 1 fully saturated rings. The van der Waals surface area contributed by atoms with Crippen LogP contribution in [0.5, 0.6) is 0 Å².